The van der Waals surface area contributed by atoms with Gasteiger partial charge in [0.25, 0.3) is 0 Å². The zero-order chi connectivity index (χ0) is 14.6. The standard InChI is InChI=1S/C10H10F5NO2S/c11-7-3-6(16)4-8(12)9(7)19(17)2-1-18-5-10(13,14)15/h3-4H,1-2,5,16H2. The summed E-state index contributed by atoms with van der Waals surface area (Å²) in [5.74, 6) is -2.66. The lowest BCUT2D eigenvalue weighted by Crippen LogP contribution is -2.19. The van der Waals surface area contributed by atoms with Crippen molar-refractivity contribution in [3.63, 3.8) is 0 Å². The fourth-order valence-corrected chi connectivity index (χ4v) is 2.25. The van der Waals surface area contributed by atoms with Crippen molar-refractivity contribution in [2.24, 2.45) is 0 Å². The molecule has 0 saturated carbocycles. The predicted molar refractivity (Wildman–Crippen MR) is 58.9 cm³/mol. The summed E-state index contributed by atoms with van der Waals surface area (Å²) in [6.07, 6.45) is -4.50. The summed E-state index contributed by atoms with van der Waals surface area (Å²) in [5, 5.41) is 0. The van der Waals surface area contributed by atoms with E-state index >= 15 is 0 Å². The molecule has 3 nitrogen and oxygen atoms in total. The molecule has 0 fully saturated rings. The van der Waals surface area contributed by atoms with Gasteiger partial charge in [-0.1, -0.05) is 0 Å². The average Bonchev–Trinajstić information content (AvgIpc) is 2.21. The number of anilines is 1. The summed E-state index contributed by atoms with van der Waals surface area (Å²) < 4.78 is 77.6. The second-order valence-corrected chi connectivity index (χ2v) is 5.04. The van der Waals surface area contributed by atoms with Crippen LogP contribution in [0.25, 0.3) is 0 Å². The highest BCUT2D eigenvalue weighted by Gasteiger charge is 2.27. The Morgan fingerprint density at radius 1 is 1.21 bits per heavy atom. The van der Waals surface area contributed by atoms with Gasteiger partial charge in [0.1, 0.15) is 23.1 Å². The zero-order valence-electron chi connectivity index (χ0n) is 9.47. The molecule has 0 heterocycles. The molecule has 0 aliphatic carbocycles. The van der Waals surface area contributed by atoms with Gasteiger partial charge in [-0.3, -0.25) is 4.21 Å². The Labute approximate surface area is 108 Å². The van der Waals surface area contributed by atoms with Crippen LogP contribution in [-0.4, -0.2) is 29.4 Å². The van der Waals surface area contributed by atoms with Gasteiger partial charge < -0.3 is 10.5 Å². The van der Waals surface area contributed by atoms with Gasteiger partial charge in [-0.15, -0.1) is 0 Å². The Hall–Kier alpha value is -1.22. The Morgan fingerprint density at radius 2 is 1.74 bits per heavy atom. The summed E-state index contributed by atoms with van der Waals surface area (Å²) in [7, 11) is -2.14. The summed E-state index contributed by atoms with van der Waals surface area (Å²) in [5.41, 5.74) is 4.99. The molecule has 0 aliphatic rings. The molecule has 0 bridgehead atoms. The fraction of sp³-hybridized carbons (Fsp3) is 0.400. The molecule has 1 atom stereocenters. The van der Waals surface area contributed by atoms with Crippen LogP contribution in [0.4, 0.5) is 27.6 Å². The third-order valence-electron chi connectivity index (χ3n) is 1.93. The molecule has 19 heavy (non-hydrogen) atoms. The summed E-state index contributed by atoms with van der Waals surface area (Å²) in [6.45, 7) is -2.04. The Bertz CT molecular complexity index is 454. The van der Waals surface area contributed by atoms with E-state index in [2.05, 4.69) is 4.74 Å². The number of hydrogen-bond donors (Lipinski definition) is 1. The van der Waals surface area contributed by atoms with E-state index in [9.17, 15) is 26.2 Å². The molecular weight excluding hydrogens is 293 g/mol. The molecule has 1 unspecified atom stereocenters. The van der Waals surface area contributed by atoms with Crippen molar-refractivity contribution in [1.82, 2.24) is 0 Å². The maximum Gasteiger partial charge on any atom is 0.411 e. The molecule has 1 aromatic rings. The van der Waals surface area contributed by atoms with Crippen LogP contribution in [0.2, 0.25) is 0 Å². The van der Waals surface area contributed by atoms with Crippen LogP contribution in [-0.2, 0) is 15.5 Å². The molecule has 2 N–H and O–H groups in total. The average molecular weight is 303 g/mol. The number of nitrogen functional groups attached to an aromatic ring is 1. The van der Waals surface area contributed by atoms with E-state index in [1.165, 1.54) is 0 Å². The minimum atomic E-state index is -4.50. The topological polar surface area (TPSA) is 52.3 Å². The van der Waals surface area contributed by atoms with Gasteiger partial charge in [0.2, 0.25) is 0 Å². The highest BCUT2D eigenvalue weighted by Crippen LogP contribution is 2.20. The number of alkyl halides is 3. The maximum absolute atomic E-state index is 13.3. The lowest BCUT2D eigenvalue weighted by atomic mass is 10.3. The van der Waals surface area contributed by atoms with Gasteiger partial charge in [0.15, 0.2) is 0 Å². The van der Waals surface area contributed by atoms with Crippen molar-refractivity contribution in [2.75, 3.05) is 24.7 Å². The second-order valence-electron chi connectivity index (χ2n) is 3.53. The van der Waals surface area contributed by atoms with Gasteiger partial charge >= 0.3 is 6.18 Å². The number of rotatable bonds is 5. The van der Waals surface area contributed by atoms with Crippen molar-refractivity contribution in [3.8, 4) is 0 Å². The van der Waals surface area contributed by atoms with E-state index in [0.29, 0.717) is 0 Å². The summed E-state index contributed by atoms with van der Waals surface area (Å²) in [4.78, 5) is -0.718. The van der Waals surface area contributed by atoms with Gasteiger partial charge in [-0.2, -0.15) is 13.2 Å². The first-order chi connectivity index (χ1) is 8.70. The molecule has 9 heteroatoms. The number of nitrogens with two attached hydrogens (primary N) is 1. The van der Waals surface area contributed by atoms with Crippen LogP contribution in [0.3, 0.4) is 0 Å². The molecule has 0 radical (unpaired) electrons. The molecule has 0 amide bonds. The van der Waals surface area contributed by atoms with E-state index in [1.807, 2.05) is 0 Å². The number of hydrogen-bond acceptors (Lipinski definition) is 3. The quantitative estimate of drug-likeness (QED) is 0.515. The van der Waals surface area contributed by atoms with Crippen molar-refractivity contribution in [2.45, 2.75) is 11.1 Å². The SMILES string of the molecule is Nc1cc(F)c(S(=O)CCOCC(F)(F)F)c(F)c1. The van der Waals surface area contributed by atoms with Crippen LogP contribution in [0.1, 0.15) is 0 Å². The fourth-order valence-electron chi connectivity index (χ4n) is 1.22. The van der Waals surface area contributed by atoms with Crippen LogP contribution < -0.4 is 5.73 Å². The second kappa shape index (κ2) is 6.29. The normalized spacial score (nSPS) is 13.5. The van der Waals surface area contributed by atoms with Gasteiger partial charge in [0.05, 0.1) is 23.2 Å². The molecule has 0 spiro atoms. The van der Waals surface area contributed by atoms with Crippen LogP contribution in [0.5, 0.6) is 0 Å². The van der Waals surface area contributed by atoms with Crippen LogP contribution >= 0.6 is 0 Å². The third kappa shape index (κ3) is 5.11. The van der Waals surface area contributed by atoms with E-state index in [0.717, 1.165) is 12.1 Å². The van der Waals surface area contributed by atoms with Crippen LogP contribution in [0, 0.1) is 11.6 Å². The third-order valence-corrected chi connectivity index (χ3v) is 3.31. The van der Waals surface area contributed by atoms with E-state index in [1.54, 1.807) is 0 Å². The van der Waals surface area contributed by atoms with E-state index < -0.39 is 52.5 Å². The number of halogens is 5. The Morgan fingerprint density at radius 3 is 2.21 bits per heavy atom. The molecule has 1 rings (SSSR count). The molecule has 1 aromatic carbocycles. The summed E-state index contributed by atoms with van der Waals surface area (Å²) in [6, 6.07) is 1.57. The molecule has 0 saturated heterocycles. The lowest BCUT2D eigenvalue weighted by Gasteiger charge is -2.08. The number of benzene rings is 1. The molecular formula is C10H10F5NO2S. The van der Waals surface area contributed by atoms with E-state index in [-0.39, 0.29) is 5.69 Å². The van der Waals surface area contributed by atoms with Crippen molar-refractivity contribution in [1.29, 1.82) is 0 Å². The monoisotopic (exact) mass is 303 g/mol. The van der Waals surface area contributed by atoms with Gasteiger partial charge in [0, 0.05) is 5.69 Å². The highest BCUT2D eigenvalue weighted by molar-refractivity contribution is 7.85. The number of ether oxygens (including phenoxy) is 1. The smallest absolute Gasteiger partial charge is 0.399 e. The molecule has 0 aliphatic heterocycles. The zero-order valence-corrected chi connectivity index (χ0v) is 10.3. The first kappa shape index (κ1) is 15.8. The van der Waals surface area contributed by atoms with Crippen molar-refractivity contribution in [3.05, 3.63) is 23.8 Å². The lowest BCUT2D eigenvalue weighted by molar-refractivity contribution is -0.172. The largest absolute Gasteiger partial charge is 0.411 e. The van der Waals surface area contributed by atoms with Gasteiger partial charge in [-0.25, -0.2) is 8.78 Å². The molecule has 108 valence electrons. The predicted octanol–water partition coefficient (Wildman–Crippen LogP) is 2.23. The summed E-state index contributed by atoms with van der Waals surface area (Å²) >= 11 is 0. The maximum atomic E-state index is 13.3. The highest BCUT2D eigenvalue weighted by atomic mass is 32.2. The minimum Gasteiger partial charge on any atom is -0.399 e. The van der Waals surface area contributed by atoms with Gasteiger partial charge in [-0.05, 0) is 12.1 Å². The Kier molecular flexibility index (Phi) is 5.24. The van der Waals surface area contributed by atoms with Crippen LogP contribution in [0.15, 0.2) is 17.0 Å². The Balaban J connectivity index is 2.60. The van der Waals surface area contributed by atoms with E-state index in [4.69, 9.17) is 5.73 Å². The molecule has 0 aromatic heterocycles. The first-order valence-electron chi connectivity index (χ1n) is 4.98. The first-order valence-corrected chi connectivity index (χ1v) is 6.30. The van der Waals surface area contributed by atoms with Crippen molar-refractivity contribution >= 4 is 16.5 Å². The van der Waals surface area contributed by atoms with Crippen molar-refractivity contribution < 1.29 is 30.9 Å². The minimum absolute atomic E-state index is 0.177.